The van der Waals surface area contributed by atoms with Gasteiger partial charge in [0.25, 0.3) is 11.8 Å². The molecule has 2 aromatic heterocycles. The maximum atomic E-state index is 12.7. The Morgan fingerprint density at radius 1 is 0.579 bits per heavy atom. The van der Waals surface area contributed by atoms with E-state index in [9.17, 15) is 9.59 Å². The molecular weight excluding hydrogens is 523 g/mol. The third-order valence-corrected chi connectivity index (χ3v) is 6.41. The minimum Gasteiger partial charge on any atom is -0.329 e. The highest BCUT2D eigenvalue weighted by molar-refractivity contribution is 6.29. The fourth-order valence-corrected chi connectivity index (χ4v) is 4.53. The maximum Gasteiger partial charge on any atom is 0.255 e. The van der Waals surface area contributed by atoms with Gasteiger partial charge in [-0.05, 0) is 95.0 Å². The third kappa shape index (κ3) is 4.82. The molecule has 186 valence electrons. The number of imidazole rings is 2. The molecular formula is C28H18Cl2N6O2. The Kier molecular flexibility index (Phi) is 6.03. The Morgan fingerprint density at radius 3 is 1.37 bits per heavy atom. The van der Waals surface area contributed by atoms with Crippen LogP contribution in [-0.2, 0) is 0 Å². The van der Waals surface area contributed by atoms with E-state index in [1.807, 2.05) is 24.3 Å². The minimum absolute atomic E-state index is 0.232. The molecule has 4 aromatic carbocycles. The zero-order chi connectivity index (χ0) is 26.2. The first-order chi connectivity index (χ1) is 18.4. The number of rotatable bonds is 5. The average molecular weight is 541 g/mol. The molecule has 0 radical (unpaired) electrons. The number of carbonyl (C=O) groups is 2. The van der Waals surface area contributed by atoms with Crippen molar-refractivity contribution < 1.29 is 9.59 Å². The minimum atomic E-state index is -0.232. The van der Waals surface area contributed by atoms with Crippen LogP contribution in [0.2, 0.25) is 10.6 Å². The molecule has 0 aliphatic heterocycles. The second-order valence-electron chi connectivity index (χ2n) is 8.58. The van der Waals surface area contributed by atoms with Gasteiger partial charge in [0, 0.05) is 22.5 Å². The Balaban J connectivity index is 1.12. The monoisotopic (exact) mass is 540 g/mol. The highest BCUT2D eigenvalue weighted by atomic mass is 35.5. The van der Waals surface area contributed by atoms with E-state index in [1.54, 1.807) is 60.7 Å². The van der Waals surface area contributed by atoms with Gasteiger partial charge in [-0.15, -0.1) is 0 Å². The van der Waals surface area contributed by atoms with Crippen molar-refractivity contribution in [3.63, 3.8) is 0 Å². The van der Waals surface area contributed by atoms with E-state index in [1.165, 1.54) is 0 Å². The van der Waals surface area contributed by atoms with Crippen molar-refractivity contribution in [2.24, 2.45) is 0 Å². The molecule has 0 unspecified atom stereocenters. The standard InChI is InChI=1S/C28H18Cl2N6O2/c29-27-33-21-11-9-19(13-23(21)35-27)31-25(37)17-5-1-15(2-6-17)16-3-7-18(8-4-16)26(38)32-20-10-12-22-24(14-20)36-28(30)34-22/h1-14H,(H,31,37)(H,32,38)(H,33,35)(H,34,36). The predicted octanol–water partition coefficient (Wildman–Crippen LogP) is 6.92. The van der Waals surface area contributed by atoms with Crippen LogP contribution >= 0.6 is 23.2 Å². The van der Waals surface area contributed by atoms with Crippen LogP contribution < -0.4 is 10.6 Å². The zero-order valence-electron chi connectivity index (χ0n) is 19.5. The van der Waals surface area contributed by atoms with Crippen molar-refractivity contribution in [2.45, 2.75) is 0 Å². The van der Waals surface area contributed by atoms with Gasteiger partial charge in [0.2, 0.25) is 10.6 Å². The molecule has 10 heteroatoms. The Morgan fingerprint density at radius 2 is 0.974 bits per heavy atom. The van der Waals surface area contributed by atoms with Crippen LogP contribution in [-0.4, -0.2) is 31.8 Å². The second-order valence-corrected chi connectivity index (χ2v) is 9.30. The van der Waals surface area contributed by atoms with Crippen LogP contribution in [0.25, 0.3) is 33.2 Å². The molecule has 0 aliphatic carbocycles. The van der Waals surface area contributed by atoms with Gasteiger partial charge in [0.1, 0.15) is 0 Å². The quantitative estimate of drug-likeness (QED) is 0.190. The van der Waals surface area contributed by atoms with Gasteiger partial charge in [-0.2, -0.15) is 0 Å². The summed E-state index contributed by atoms with van der Waals surface area (Å²) in [6.07, 6.45) is 0. The summed E-state index contributed by atoms with van der Waals surface area (Å²) >= 11 is 11.8. The van der Waals surface area contributed by atoms with E-state index in [-0.39, 0.29) is 11.8 Å². The number of benzene rings is 4. The van der Waals surface area contributed by atoms with Crippen molar-refractivity contribution in [1.82, 2.24) is 19.9 Å². The SMILES string of the molecule is O=C(Nc1ccc2nc(Cl)[nH]c2c1)c1ccc(-c2ccc(C(=O)Nc3ccc4nc(Cl)[nH]c4c3)cc2)cc1. The summed E-state index contributed by atoms with van der Waals surface area (Å²) in [5.74, 6) is -0.465. The van der Waals surface area contributed by atoms with Crippen LogP contribution in [0.4, 0.5) is 11.4 Å². The molecule has 0 spiro atoms. The number of H-pyrrole nitrogens is 2. The number of anilines is 2. The number of nitrogens with one attached hydrogen (secondary N) is 4. The van der Waals surface area contributed by atoms with Crippen LogP contribution in [0.15, 0.2) is 84.9 Å². The Hall–Kier alpha value is -4.66. The normalized spacial score (nSPS) is 11.1. The highest BCUT2D eigenvalue weighted by Crippen LogP contribution is 2.24. The first-order valence-corrected chi connectivity index (χ1v) is 12.3. The topological polar surface area (TPSA) is 116 Å². The van der Waals surface area contributed by atoms with Crippen LogP contribution in [0, 0.1) is 0 Å². The Bertz CT molecular complexity index is 1690. The maximum absolute atomic E-state index is 12.7. The Labute approximate surface area is 226 Å². The number of carbonyl (C=O) groups excluding carboxylic acids is 2. The molecule has 6 rings (SSSR count). The molecule has 0 fully saturated rings. The molecule has 4 N–H and O–H groups in total. The van der Waals surface area contributed by atoms with Gasteiger partial charge < -0.3 is 20.6 Å². The summed E-state index contributed by atoms with van der Waals surface area (Å²) < 4.78 is 0. The lowest BCUT2D eigenvalue weighted by atomic mass is 10.0. The molecule has 38 heavy (non-hydrogen) atoms. The van der Waals surface area contributed by atoms with Crippen molar-refractivity contribution in [3.8, 4) is 11.1 Å². The third-order valence-electron chi connectivity index (χ3n) is 6.05. The van der Waals surface area contributed by atoms with Crippen molar-refractivity contribution in [1.29, 1.82) is 0 Å². The smallest absolute Gasteiger partial charge is 0.255 e. The van der Waals surface area contributed by atoms with Gasteiger partial charge in [0.05, 0.1) is 22.1 Å². The van der Waals surface area contributed by atoms with Crippen LogP contribution in [0.3, 0.4) is 0 Å². The number of amides is 2. The van der Waals surface area contributed by atoms with Crippen molar-refractivity contribution >= 4 is 68.5 Å². The van der Waals surface area contributed by atoms with Gasteiger partial charge in [-0.1, -0.05) is 24.3 Å². The summed E-state index contributed by atoms with van der Waals surface area (Å²) in [5, 5.41) is 6.36. The lowest BCUT2D eigenvalue weighted by Crippen LogP contribution is -2.12. The van der Waals surface area contributed by atoms with E-state index < -0.39 is 0 Å². The number of halogens is 2. The number of hydrogen-bond donors (Lipinski definition) is 4. The lowest BCUT2D eigenvalue weighted by Gasteiger charge is -2.08. The average Bonchev–Trinajstić information content (AvgIpc) is 3.48. The summed E-state index contributed by atoms with van der Waals surface area (Å²) in [6, 6.07) is 25.2. The first-order valence-electron chi connectivity index (χ1n) is 11.5. The van der Waals surface area contributed by atoms with E-state index in [0.29, 0.717) is 33.1 Å². The summed E-state index contributed by atoms with van der Waals surface area (Å²) in [7, 11) is 0. The highest BCUT2D eigenvalue weighted by Gasteiger charge is 2.11. The predicted molar refractivity (Wildman–Crippen MR) is 150 cm³/mol. The van der Waals surface area contributed by atoms with E-state index in [2.05, 4.69) is 30.6 Å². The molecule has 2 amide bonds. The van der Waals surface area contributed by atoms with Crippen LogP contribution in [0.1, 0.15) is 20.7 Å². The van der Waals surface area contributed by atoms with Crippen molar-refractivity contribution in [3.05, 3.63) is 107 Å². The van der Waals surface area contributed by atoms with E-state index in [0.717, 1.165) is 33.2 Å². The molecule has 2 heterocycles. The van der Waals surface area contributed by atoms with Crippen LogP contribution in [0.5, 0.6) is 0 Å². The van der Waals surface area contributed by atoms with Gasteiger partial charge in [-0.3, -0.25) is 9.59 Å². The second kappa shape index (κ2) is 9.66. The molecule has 0 saturated carbocycles. The molecule has 0 atom stereocenters. The molecule has 0 bridgehead atoms. The fraction of sp³-hybridized carbons (Fsp3) is 0. The lowest BCUT2D eigenvalue weighted by molar-refractivity contribution is 0.101. The van der Waals surface area contributed by atoms with E-state index >= 15 is 0 Å². The van der Waals surface area contributed by atoms with Gasteiger partial charge in [-0.25, -0.2) is 9.97 Å². The van der Waals surface area contributed by atoms with Crippen molar-refractivity contribution in [2.75, 3.05) is 10.6 Å². The molecule has 0 aliphatic rings. The number of fused-ring (bicyclic) bond motifs is 2. The summed E-state index contributed by atoms with van der Waals surface area (Å²) in [6.45, 7) is 0. The number of aromatic amines is 2. The number of aromatic nitrogens is 4. The molecule has 6 aromatic rings. The van der Waals surface area contributed by atoms with Gasteiger partial charge >= 0.3 is 0 Å². The zero-order valence-corrected chi connectivity index (χ0v) is 21.1. The van der Waals surface area contributed by atoms with Gasteiger partial charge in [0.15, 0.2) is 0 Å². The summed E-state index contributed by atoms with van der Waals surface area (Å²) in [4.78, 5) is 39.6. The number of hydrogen-bond acceptors (Lipinski definition) is 4. The number of nitrogens with zero attached hydrogens (tertiary/aromatic N) is 2. The molecule has 0 saturated heterocycles. The largest absolute Gasteiger partial charge is 0.329 e. The first kappa shape index (κ1) is 23.7. The summed E-state index contributed by atoms with van der Waals surface area (Å²) in [5.41, 5.74) is 7.07. The fourth-order valence-electron chi connectivity index (χ4n) is 4.15. The van der Waals surface area contributed by atoms with E-state index in [4.69, 9.17) is 23.2 Å². The molecule has 8 nitrogen and oxygen atoms in total.